The van der Waals surface area contributed by atoms with Gasteiger partial charge in [-0.05, 0) is 30.2 Å². The molecule has 0 radical (unpaired) electrons. The summed E-state index contributed by atoms with van der Waals surface area (Å²) in [5.41, 5.74) is 3.29. The smallest absolute Gasteiger partial charge is 0.184 e. The average Bonchev–Trinajstić information content (AvgIpc) is 3.17. The Balaban J connectivity index is 1.57. The minimum absolute atomic E-state index is 0.226. The molecule has 3 rings (SSSR count). The maximum atomic E-state index is 6.29. The summed E-state index contributed by atoms with van der Waals surface area (Å²) in [5.74, 6) is 1.24. The summed E-state index contributed by atoms with van der Waals surface area (Å²) in [6.45, 7) is 5.23. The van der Waals surface area contributed by atoms with Gasteiger partial charge in [0.15, 0.2) is 17.8 Å². The van der Waals surface area contributed by atoms with E-state index in [4.69, 9.17) is 30.5 Å². The fourth-order valence-electron chi connectivity index (χ4n) is 2.88. The largest absolute Gasteiger partial charge is 0.491 e. The lowest BCUT2D eigenvalue weighted by Crippen LogP contribution is -2.13. The molecule has 0 aromatic heterocycles. The predicted octanol–water partition coefficient (Wildman–Crippen LogP) is 4.08. The summed E-state index contributed by atoms with van der Waals surface area (Å²) >= 11 is 6.29. The summed E-state index contributed by atoms with van der Waals surface area (Å²) < 4.78 is 21.9. The molecule has 2 aromatic rings. The van der Waals surface area contributed by atoms with E-state index in [-0.39, 0.29) is 6.29 Å². The van der Waals surface area contributed by atoms with Gasteiger partial charge >= 0.3 is 0 Å². The Labute approximate surface area is 159 Å². The quantitative estimate of drug-likeness (QED) is 0.751. The molecule has 1 N–H and O–H groups in total. The Morgan fingerprint density at radius 3 is 2.42 bits per heavy atom. The van der Waals surface area contributed by atoms with Crippen LogP contribution in [0.3, 0.4) is 0 Å². The monoisotopic (exact) mass is 377 g/mol. The van der Waals surface area contributed by atoms with Gasteiger partial charge in [-0.2, -0.15) is 0 Å². The first-order valence-corrected chi connectivity index (χ1v) is 9.11. The minimum atomic E-state index is -0.226. The van der Waals surface area contributed by atoms with Crippen LogP contribution in [0.1, 0.15) is 29.9 Å². The maximum Gasteiger partial charge on any atom is 0.184 e. The van der Waals surface area contributed by atoms with Crippen molar-refractivity contribution in [3.63, 3.8) is 0 Å². The Hall–Kier alpha value is -1.79. The van der Waals surface area contributed by atoms with Crippen LogP contribution in [0.25, 0.3) is 0 Å². The molecule has 0 aliphatic carbocycles. The summed E-state index contributed by atoms with van der Waals surface area (Å²) in [6, 6.07) is 12.1. The number of hydrogen-bond acceptors (Lipinski definition) is 5. The molecular formula is C20H24ClNO4. The van der Waals surface area contributed by atoms with Gasteiger partial charge in [0, 0.05) is 18.7 Å². The number of rotatable bonds is 8. The molecule has 1 aliphatic heterocycles. The topological polar surface area (TPSA) is 49.0 Å². The number of benzene rings is 2. The SMILES string of the molecule is CCOc1cc(CNCc2ccc(C3OCCO3)cc2)cc(Cl)c1OC. The van der Waals surface area contributed by atoms with E-state index in [0.717, 1.165) is 17.7 Å². The number of ether oxygens (including phenoxy) is 4. The first-order valence-electron chi connectivity index (χ1n) is 8.73. The van der Waals surface area contributed by atoms with E-state index >= 15 is 0 Å². The number of hydrogen-bond donors (Lipinski definition) is 1. The van der Waals surface area contributed by atoms with Crippen molar-refractivity contribution in [3.8, 4) is 11.5 Å². The van der Waals surface area contributed by atoms with Crippen molar-refractivity contribution in [3.05, 3.63) is 58.1 Å². The molecule has 0 unspecified atom stereocenters. The van der Waals surface area contributed by atoms with E-state index in [1.54, 1.807) is 7.11 Å². The Bertz CT molecular complexity index is 714. The molecule has 0 saturated carbocycles. The zero-order valence-electron chi connectivity index (χ0n) is 15.1. The van der Waals surface area contributed by atoms with Crippen LogP contribution < -0.4 is 14.8 Å². The molecule has 26 heavy (non-hydrogen) atoms. The second kappa shape index (κ2) is 9.24. The minimum Gasteiger partial charge on any atom is -0.491 e. The van der Waals surface area contributed by atoms with E-state index in [0.29, 0.717) is 42.9 Å². The second-order valence-corrected chi connectivity index (χ2v) is 6.37. The molecule has 5 nitrogen and oxygen atoms in total. The van der Waals surface area contributed by atoms with Gasteiger partial charge < -0.3 is 24.3 Å². The van der Waals surface area contributed by atoms with E-state index < -0.39 is 0 Å². The van der Waals surface area contributed by atoms with Crippen LogP contribution >= 0.6 is 11.6 Å². The maximum absolute atomic E-state index is 6.29. The molecule has 1 fully saturated rings. The zero-order valence-corrected chi connectivity index (χ0v) is 15.8. The van der Waals surface area contributed by atoms with Gasteiger partial charge in [-0.25, -0.2) is 0 Å². The first-order chi connectivity index (χ1) is 12.7. The van der Waals surface area contributed by atoms with Crippen LogP contribution in [0.5, 0.6) is 11.5 Å². The average molecular weight is 378 g/mol. The van der Waals surface area contributed by atoms with Crippen molar-refractivity contribution >= 4 is 11.6 Å². The van der Waals surface area contributed by atoms with Crippen molar-refractivity contribution in [2.24, 2.45) is 0 Å². The van der Waals surface area contributed by atoms with E-state index in [9.17, 15) is 0 Å². The molecule has 1 saturated heterocycles. The molecule has 6 heteroatoms. The third-order valence-electron chi connectivity index (χ3n) is 4.11. The lowest BCUT2D eigenvalue weighted by atomic mass is 10.1. The third kappa shape index (κ3) is 4.68. The van der Waals surface area contributed by atoms with E-state index in [1.165, 1.54) is 5.56 Å². The van der Waals surface area contributed by atoms with E-state index in [2.05, 4.69) is 17.4 Å². The zero-order chi connectivity index (χ0) is 18.4. The lowest BCUT2D eigenvalue weighted by molar-refractivity contribution is -0.0441. The number of methoxy groups -OCH3 is 1. The molecule has 0 spiro atoms. The molecule has 2 aromatic carbocycles. The second-order valence-electron chi connectivity index (χ2n) is 5.96. The first kappa shape index (κ1) is 19.0. The van der Waals surface area contributed by atoms with Crippen molar-refractivity contribution in [1.82, 2.24) is 5.32 Å². The van der Waals surface area contributed by atoms with Crippen molar-refractivity contribution in [2.45, 2.75) is 26.3 Å². The van der Waals surface area contributed by atoms with Crippen molar-refractivity contribution < 1.29 is 18.9 Å². The van der Waals surface area contributed by atoms with Gasteiger partial charge in [0.1, 0.15) is 0 Å². The van der Waals surface area contributed by atoms with Gasteiger partial charge in [0.2, 0.25) is 0 Å². The molecule has 0 atom stereocenters. The van der Waals surface area contributed by atoms with Crippen LogP contribution in [-0.2, 0) is 22.6 Å². The number of halogens is 1. The summed E-state index contributed by atoms with van der Waals surface area (Å²) in [4.78, 5) is 0. The Morgan fingerprint density at radius 1 is 1.08 bits per heavy atom. The normalized spacial score (nSPS) is 14.6. The Kier molecular flexibility index (Phi) is 6.74. The fraction of sp³-hybridized carbons (Fsp3) is 0.400. The van der Waals surface area contributed by atoms with Crippen molar-refractivity contribution in [1.29, 1.82) is 0 Å². The van der Waals surface area contributed by atoms with Crippen LogP contribution in [-0.4, -0.2) is 26.9 Å². The molecular weight excluding hydrogens is 354 g/mol. The van der Waals surface area contributed by atoms with Gasteiger partial charge in [0.25, 0.3) is 0 Å². The lowest BCUT2D eigenvalue weighted by Gasteiger charge is -2.14. The fourth-order valence-corrected chi connectivity index (χ4v) is 3.19. The predicted molar refractivity (Wildman–Crippen MR) is 101 cm³/mol. The Morgan fingerprint density at radius 2 is 1.77 bits per heavy atom. The van der Waals surface area contributed by atoms with Crippen LogP contribution in [0, 0.1) is 0 Å². The molecule has 1 aliphatic rings. The van der Waals surface area contributed by atoms with Gasteiger partial charge in [-0.15, -0.1) is 0 Å². The van der Waals surface area contributed by atoms with Crippen LogP contribution in [0.2, 0.25) is 5.02 Å². The highest BCUT2D eigenvalue weighted by molar-refractivity contribution is 6.32. The van der Waals surface area contributed by atoms with Crippen LogP contribution in [0.15, 0.2) is 36.4 Å². The molecule has 140 valence electrons. The van der Waals surface area contributed by atoms with Crippen LogP contribution in [0.4, 0.5) is 0 Å². The third-order valence-corrected chi connectivity index (χ3v) is 4.39. The molecule has 0 amide bonds. The highest BCUT2D eigenvalue weighted by atomic mass is 35.5. The van der Waals surface area contributed by atoms with Gasteiger partial charge in [-0.3, -0.25) is 0 Å². The summed E-state index contributed by atoms with van der Waals surface area (Å²) in [5, 5.41) is 3.98. The highest BCUT2D eigenvalue weighted by Crippen LogP contribution is 2.36. The van der Waals surface area contributed by atoms with Gasteiger partial charge in [0.05, 0.1) is 32.0 Å². The summed E-state index contributed by atoms with van der Waals surface area (Å²) in [6.07, 6.45) is -0.226. The standard InChI is InChI=1S/C20H24ClNO4/c1-3-24-18-11-15(10-17(21)19(18)23-2)13-22-12-14-4-6-16(7-5-14)20-25-8-9-26-20/h4-7,10-11,20,22H,3,8-9,12-13H2,1-2H3. The number of nitrogens with one attached hydrogen (secondary N) is 1. The summed E-state index contributed by atoms with van der Waals surface area (Å²) in [7, 11) is 1.59. The molecule has 1 heterocycles. The molecule has 0 bridgehead atoms. The van der Waals surface area contributed by atoms with E-state index in [1.807, 2.05) is 31.2 Å². The van der Waals surface area contributed by atoms with Crippen molar-refractivity contribution in [2.75, 3.05) is 26.9 Å². The highest BCUT2D eigenvalue weighted by Gasteiger charge is 2.17. The van der Waals surface area contributed by atoms with Gasteiger partial charge in [-0.1, -0.05) is 35.9 Å².